The van der Waals surface area contributed by atoms with Gasteiger partial charge in [0.2, 0.25) is 5.91 Å². The molecule has 1 amide bonds. The Morgan fingerprint density at radius 1 is 1.45 bits per heavy atom. The van der Waals surface area contributed by atoms with E-state index in [9.17, 15) is 9.90 Å². The Bertz CT molecular complexity index is 628. The van der Waals surface area contributed by atoms with Gasteiger partial charge in [-0.15, -0.1) is 0 Å². The zero-order chi connectivity index (χ0) is 14.1. The monoisotopic (exact) mass is 272 g/mol. The van der Waals surface area contributed by atoms with Crippen molar-refractivity contribution in [2.45, 2.75) is 32.4 Å². The van der Waals surface area contributed by atoms with Gasteiger partial charge in [0, 0.05) is 17.8 Å². The topological polar surface area (TPSA) is 54.3 Å². The molecular formula is C16H20N2O2. The standard InChI is InChI=1S/C16H20N2O2/c1-11-8-13-4-2-3-5-14(13)18(11)10-16(20)17-9-15(19)12-6-7-12/h2-5,8,12,15,19H,6-7,9-10H2,1H3,(H,17,20). The SMILES string of the molecule is Cc1cc2ccccc2n1CC(=O)NCC(O)C1CC1. The third-order valence-corrected chi connectivity index (χ3v) is 3.99. The van der Waals surface area contributed by atoms with Gasteiger partial charge in [0.25, 0.3) is 0 Å². The number of aliphatic hydroxyl groups is 1. The first-order valence-electron chi connectivity index (χ1n) is 7.15. The van der Waals surface area contributed by atoms with Gasteiger partial charge in [-0.3, -0.25) is 4.79 Å². The molecule has 1 aromatic carbocycles. The van der Waals surface area contributed by atoms with E-state index in [1.165, 1.54) is 0 Å². The summed E-state index contributed by atoms with van der Waals surface area (Å²) in [7, 11) is 0. The Labute approximate surface area is 118 Å². The molecule has 0 bridgehead atoms. The number of para-hydroxylation sites is 1. The predicted octanol–water partition coefficient (Wildman–Crippen LogP) is 1.84. The molecule has 0 spiro atoms. The lowest BCUT2D eigenvalue weighted by Crippen LogP contribution is -2.35. The summed E-state index contributed by atoms with van der Waals surface area (Å²) in [5.74, 6) is 0.346. The zero-order valence-electron chi connectivity index (χ0n) is 11.7. The van der Waals surface area contributed by atoms with Gasteiger partial charge in [-0.1, -0.05) is 18.2 Å². The highest BCUT2D eigenvalue weighted by Crippen LogP contribution is 2.32. The number of aromatic nitrogens is 1. The van der Waals surface area contributed by atoms with Gasteiger partial charge in [0.1, 0.15) is 6.54 Å². The number of fused-ring (bicyclic) bond motifs is 1. The molecule has 3 rings (SSSR count). The maximum atomic E-state index is 12.0. The minimum Gasteiger partial charge on any atom is -0.391 e. The summed E-state index contributed by atoms with van der Waals surface area (Å²) in [6, 6.07) is 10.1. The lowest BCUT2D eigenvalue weighted by Gasteiger charge is -2.12. The Balaban J connectivity index is 1.66. The van der Waals surface area contributed by atoms with Crippen molar-refractivity contribution in [2.75, 3.05) is 6.54 Å². The largest absolute Gasteiger partial charge is 0.391 e. The van der Waals surface area contributed by atoms with E-state index < -0.39 is 0 Å². The number of carbonyl (C=O) groups is 1. The van der Waals surface area contributed by atoms with E-state index >= 15 is 0 Å². The van der Waals surface area contributed by atoms with Crippen molar-refractivity contribution >= 4 is 16.8 Å². The van der Waals surface area contributed by atoms with Crippen LogP contribution < -0.4 is 5.32 Å². The number of nitrogens with one attached hydrogen (secondary N) is 1. The predicted molar refractivity (Wildman–Crippen MR) is 78.4 cm³/mol. The summed E-state index contributed by atoms with van der Waals surface area (Å²) in [5, 5.41) is 13.7. The number of aliphatic hydroxyl groups excluding tert-OH is 1. The van der Waals surface area contributed by atoms with Gasteiger partial charge in [-0.05, 0) is 43.2 Å². The summed E-state index contributed by atoms with van der Waals surface area (Å²) < 4.78 is 2.01. The molecule has 1 aliphatic rings. The Hall–Kier alpha value is -1.81. The second kappa shape index (κ2) is 5.29. The molecular weight excluding hydrogens is 252 g/mol. The van der Waals surface area contributed by atoms with Crippen LogP contribution in [-0.2, 0) is 11.3 Å². The van der Waals surface area contributed by atoms with Crippen molar-refractivity contribution < 1.29 is 9.90 Å². The summed E-state index contributed by atoms with van der Waals surface area (Å²) in [4.78, 5) is 12.0. The minimum absolute atomic E-state index is 0.0471. The maximum Gasteiger partial charge on any atom is 0.240 e. The summed E-state index contributed by atoms with van der Waals surface area (Å²) in [6.07, 6.45) is 1.78. The molecule has 1 aliphatic carbocycles. The molecule has 4 nitrogen and oxygen atoms in total. The van der Waals surface area contributed by atoms with Crippen molar-refractivity contribution in [1.29, 1.82) is 0 Å². The third kappa shape index (κ3) is 2.70. The van der Waals surface area contributed by atoms with Crippen LogP contribution in [0.4, 0.5) is 0 Å². The zero-order valence-corrected chi connectivity index (χ0v) is 11.7. The molecule has 1 atom stereocenters. The second-order valence-corrected chi connectivity index (χ2v) is 5.64. The normalized spacial score (nSPS) is 16.3. The van der Waals surface area contributed by atoms with Crippen LogP contribution in [0.3, 0.4) is 0 Å². The van der Waals surface area contributed by atoms with Gasteiger partial charge in [-0.2, -0.15) is 0 Å². The number of hydrogen-bond donors (Lipinski definition) is 2. The molecule has 1 saturated carbocycles. The average Bonchev–Trinajstić information content (AvgIpc) is 3.23. The smallest absolute Gasteiger partial charge is 0.240 e. The number of rotatable bonds is 5. The van der Waals surface area contributed by atoms with Gasteiger partial charge in [0.05, 0.1) is 6.10 Å². The van der Waals surface area contributed by atoms with Crippen LogP contribution in [0.1, 0.15) is 18.5 Å². The summed E-state index contributed by atoms with van der Waals surface area (Å²) in [5.41, 5.74) is 2.15. The number of benzene rings is 1. The van der Waals surface area contributed by atoms with E-state index in [1.54, 1.807) is 0 Å². The Morgan fingerprint density at radius 2 is 2.20 bits per heavy atom. The quantitative estimate of drug-likeness (QED) is 0.872. The van der Waals surface area contributed by atoms with Gasteiger partial charge >= 0.3 is 0 Å². The number of nitrogens with zero attached hydrogens (tertiary/aromatic N) is 1. The molecule has 0 aliphatic heterocycles. The molecule has 1 heterocycles. The Morgan fingerprint density at radius 3 is 2.95 bits per heavy atom. The van der Waals surface area contributed by atoms with Crippen LogP contribution in [-0.4, -0.2) is 28.2 Å². The molecule has 2 aromatic rings. The van der Waals surface area contributed by atoms with E-state index in [0.29, 0.717) is 19.0 Å². The molecule has 1 aromatic heterocycles. The molecule has 1 unspecified atom stereocenters. The third-order valence-electron chi connectivity index (χ3n) is 3.99. The minimum atomic E-state index is -0.388. The number of aryl methyl sites for hydroxylation is 1. The van der Waals surface area contributed by atoms with E-state index in [4.69, 9.17) is 0 Å². The van der Waals surface area contributed by atoms with Crippen LogP contribution in [0.5, 0.6) is 0 Å². The number of hydrogen-bond acceptors (Lipinski definition) is 2. The van der Waals surface area contributed by atoms with E-state index in [2.05, 4.69) is 11.4 Å². The molecule has 4 heteroatoms. The maximum absolute atomic E-state index is 12.0. The molecule has 0 saturated heterocycles. The number of carbonyl (C=O) groups excluding carboxylic acids is 1. The molecule has 1 fully saturated rings. The fourth-order valence-corrected chi connectivity index (χ4v) is 2.62. The highest BCUT2D eigenvalue weighted by Gasteiger charge is 2.29. The Kier molecular flexibility index (Phi) is 3.49. The van der Waals surface area contributed by atoms with Crippen LogP contribution in [0.2, 0.25) is 0 Å². The van der Waals surface area contributed by atoms with Crippen molar-refractivity contribution in [2.24, 2.45) is 5.92 Å². The van der Waals surface area contributed by atoms with Crippen molar-refractivity contribution in [3.8, 4) is 0 Å². The lowest BCUT2D eigenvalue weighted by atomic mass is 10.2. The van der Waals surface area contributed by atoms with Gasteiger partial charge in [-0.25, -0.2) is 0 Å². The van der Waals surface area contributed by atoms with Crippen molar-refractivity contribution in [3.63, 3.8) is 0 Å². The fourth-order valence-electron chi connectivity index (χ4n) is 2.62. The molecule has 2 N–H and O–H groups in total. The number of amides is 1. The lowest BCUT2D eigenvalue weighted by molar-refractivity contribution is -0.122. The molecule has 106 valence electrons. The van der Waals surface area contributed by atoms with Crippen molar-refractivity contribution in [3.05, 3.63) is 36.0 Å². The highest BCUT2D eigenvalue weighted by molar-refractivity contribution is 5.84. The van der Waals surface area contributed by atoms with Crippen LogP contribution in [0.15, 0.2) is 30.3 Å². The summed E-state index contributed by atoms with van der Waals surface area (Å²) >= 11 is 0. The highest BCUT2D eigenvalue weighted by atomic mass is 16.3. The molecule has 0 radical (unpaired) electrons. The van der Waals surface area contributed by atoms with E-state index in [1.807, 2.05) is 35.8 Å². The van der Waals surface area contributed by atoms with Crippen molar-refractivity contribution in [1.82, 2.24) is 9.88 Å². The van der Waals surface area contributed by atoms with Crippen LogP contribution in [0, 0.1) is 12.8 Å². The first kappa shape index (κ1) is 13.2. The van der Waals surface area contributed by atoms with Crippen LogP contribution >= 0.6 is 0 Å². The van der Waals surface area contributed by atoms with E-state index in [0.717, 1.165) is 29.4 Å². The average molecular weight is 272 g/mol. The van der Waals surface area contributed by atoms with Gasteiger partial charge < -0.3 is 15.0 Å². The van der Waals surface area contributed by atoms with E-state index in [-0.39, 0.29) is 12.0 Å². The van der Waals surface area contributed by atoms with Gasteiger partial charge in [0.15, 0.2) is 0 Å². The summed E-state index contributed by atoms with van der Waals surface area (Å²) in [6.45, 7) is 2.67. The van der Waals surface area contributed by atoms with Crippen LogP contribution in [0.25, 0.3) is 10.9 Å². The first-order valence-corrected chi connectivity index (χ1v) is 7.15. The second-order valence-electron chi connectivity index (χ2n) is 5.64. The first-order chi connectivity index (χ1) is 9.65. The molecule has 20 heavy (non-hydrogen) atoms. The fraction of sp³-hybridized carbons (Fsp3) is 0.438.